The maximum atomic E-state index is 13.1. The van der Waals surface area contributed by atoms with Crippen LogP contribution in [0.4, 0.5) is 5.69 Å². The summed E-state index contributed by atoms with van der Waals surface area (Å²) in [6.07, 6.45) is 0. The lowest BCUT2D eigenvalue weighted by Gasteiger charge is -2.31. The SMILES string of the molecule is CCOc1cc([C@@H]2NC(=S)NC(C)=C2C(=O)Nc2ccccc2)c(Cl)c(Br)c1O. The second kappa shape index (κ2) is 9.02. The smallest absolute Gasteiger partial charge is 0.255 e. The summed E-state index contributed by atoms with van der Waals surface area (Å²) in [6.45, 7) is 3.94. The van der Waals surface area contributed by atoms with Crippen molar-refractivity contribution in [3.8, 4) is 11.5 Å². The number of para-hydroxylation sites is 1. The first-order chi connectivity index (χ1) is 13.8. The quantitative estimate of drug-likeness (QED) is 0.452. The van der Waals surface area contributed by atoms with Crippen molar-refractivity contribution in [1.82, 2.24) is 10.6 Å². The van der Waals surface area contributed by atoms with Gasteiger partial charge in [-0.3, -0.25) is 4.79 Å². The zero-order valence-corrected chi connectivity index (χ0v) is 18.8. The fourth-order valence-electron chi connectivity index (χ4n) is 3.04. The Kier molecular flexibility index (Phi) is 6.66. The number of amides is 1. The van der Waals surface area contributed by atoms with Crippen LogP contribution in [0.25, 0.3) is 0 Å². The van der Waals surface area contributed by atoms with Crippen LogP contribution in [-0.4, -0.2) is 22.7 Å². The molecule has 0 saturated heterocycles. The molecule has 1 aliphatic heterocycles. The van der Waals surface area contributed by atoms with Gasteiger partial charge in [0.05, 0.1) is 27.7 Å². The summed E-state index contributed by atoms with van der Waals surface area (Å²) in [5, 5.41) is 19.9. The van der Waals surface area contributed by atoms with E-state index in [0.29, 0.717) is 34.2 Å². The summed E-state index contributed by atoms with van der Waals surface area (Å²) in [7, 11) is 0. The van der Waals surface area contributed by atoms with Crippen molar-refractivity contribution in [3.63, 3.8) is 0 Å². The monoisotopic (exact) mass is 495 g/mol. The summed E-state index contributed by atoms with van der Waals surface area (Å²) in [5.41, 5.74) is 2.23. The minimum Gasteiger partial charge on any atom is -0.503 e. The van der Waals surface area contributed by atoms with Crippen LogP contribution in [0.1, 0.15) is 25.5 Å². The van der Waals surface area contributed by atoms with Gasteiger partial charge in [-0.1, -0.05) is 29.8 Å². The predicted molar refractivity (Wildman–Crippen MR) is 121 cm³/mol. The molecule has 0 saturated carbocycles. The van der Waals surface area contributed by atoms with Gasteiger partial charge in [0.15, 0.2) is 16.6 Å². The van der Waals surface area contributed by atoms with Gasteiger partial charge in [0.25, 0.3) is 5.91 Å². The topological polar surface area (TPSA) is 82.6 Å². The van der Waals surface area contributed by atoms with E-state index in [1.54, 1.807) is 25.1 Å². The minimum atomic E-state index is -0.643. The van der Waals surface area contributed by atoms with E-state index < -0.39 is 6.04 Å². The zero-order chi connectivity index (χ0) is 21.1. The first kappa shape index (κ1) is 21.4. The van der Waals surface area contributed by atoms with Crippen LogP contribution >= 0.6 is 39.7 Å². The standard InChI is InChI=1S/C20H19BrClN3O3S/c1-3-28-13-9-12(16(22)15(21)18(13)26)17-14(10(2)23-20(29)25-17)19(27)24-11-7-5-4-6-8-11/h4-9,17,26H,3H2,1-2H3,(H,24,27)(H2,23,25,29)/t17-/m0/s1. The molecule has 0 spiro atoms. The second-order valence-corrected chi connectivity index (χ2v) is 7.84. The van der Waals surface area contributed by atoms with Crippen molar-refractivity contribution in [2.24, 2.45) is 0 Å². The van der Waals surface area contributed by atoms with Crippen molar-refractivity contribution < 1.29 is 14.6 Å². The molecule has 2 aromatic rings. The Bertz CT molecular complexity index is 998. The summed E-state index contributed by atoms with van der Waals surface area (Å²) >= 11 is 15.1. The number of hydrogen-bond donors (Lipinski definition) is 4. The predicted octanol–water partition coefficient (Wildman–Crippen LogP) is 4.64. The molecule has 6 nitrogen and oxygen atoms in total. The Hall–Kier alpha value is -2.29. The molecule has 29 heavy (non-hydrogen) atoms. The Morgan fingerprint density at radius 1 is 1.38 bits per heavy atom. The number of hydrogen-bond acceptors (Lipinski definition) is 4. The average Bonchev–Trinajstić information content (AvgIpc) is 2.68. The van der Waals surface area contributed by atoms with E-state index in [1.165, 1.54) is 0 Å². The number of halogens is 2. The number of nitrogens with one attached hydrogen (secondary N) is 3. The molecule has 1 atom stereocenters. The van der Waals surface area contributed by atoms with Crippen molar-refractivity contribution >= 4 is 56.5 Å². The van der Waals surface area contributed by atoms with Gasteiger partial charge < -0.3 is 25.8 Å². The van der Waals surface area contributed by atoms with E-state index in [-0.39, 0.29) is 26.9 Å². The van der Waals surface area contributed by atoms with E-state index in [0.717, 1.165) is 0 Å². The highest BCUT2D eigenvalue weighted by atomic mass is 79.9. The van der Waals surface area contributed by atoms with E-state index in [4.69, 9.17) is 28.6 Å². The molecule has 0 bridgehead atoms. The van der Waals surface area contributed by atoms with Crippen LogP contribution in [0.3, 0.4) is 0 Å². The number of rotatable bonds is 5. The fraction of sp³-hybridized carbons (Fsp3) is 0.200. The maximum Gasteiger partial charge on any atom is 0.255 e. The average molecular weight is 497 g/mol. The number of phenols is 1. The second-order valence-electron chi connectivity index (χ2n) is 6.26. The van der Waals surface area contributed by atoms with Gasteiger partial charge in [0.1, 0.15) is 0 Å². The molecule has 9 heteroatoms. The number of anilines is 1. The van der Waals surface area contributed by atoms with E-state index >= 15 is 0 Å². The van der Waals surface area contributed by atoms with Gasteiger partial charge in [0, 0.05) is 16.9 Å². The van der Waals surface area contributed by atoms with Gasteiger partial charge in [0.2, 0.25) is 0 Å². The lowest BCUT2D eigenvalue weighted by atomic mass is 9.94. The third-order valence-electron chi connectivity index (χ3n) is 4.33. The molecule has 1 heterocycles. The van der Waals surface area contributed by atoms with Gasteiger partial charge >= 0.3 is 0 Å². The molecule has 0 aliphatic carbocycles. The van der Waals surface area contributed by atoms with Gasteiger partial charge in [-0.2, -0.15) is 0 Å². The molecular weight excluding hydrogens is 478 g/mol. The Morgan fingerprint density at radius 3 is 2.72 bits per heavy atom. The minimum absolute atomic E-state index is 0.104. The van der Waals surface area contributed by atoms with Crippen molar-refractivity contribution in [2.75, 3.05) is 11.9 Å². The molecule has 4 N–H and O–H groups in total. The number of allylic oxidation sites excluding steroid dienone is 1. The summed E-state index contributed by atoms with van der Waals surface area (Å²) in [4.78, 5) is 13.1. The first-order valence-corrected chi connectivity index (χ1v) is 10.4. The summed E-state index contributed by atoms with van der Waals surface area (Å²) in [6, 6.07) is 10.1. The number of aromatic hydroxyl groups is 1. The number of carbonyl (C=O) groups excluding carboxylic acids is 1. The zero-order valence-electron chi connectivity index (χ0n) is 15.7. The Labute approximate surface area is 187 Å². The molecule has 152 valence electrons. The molecule has 0 fully saturated rings. The largest absolute Gasteiger partial charge is 0.503 e. The van der Waals surface area contributed by atoms with Crippen LogP contribution in [0.5, 0.6) is 11.5 Å². The highest BCUT2D eigenvalue weighted by molar-refractivity contribution is 9.10. The number of thiocarbonyl (C=S) groups is 1. The molecule has 1 amide bonds. The summed E-state index contributed by atoms with van der Waals surface area (Å²) < 4.78 is 5.80. The van der Waals surface area contributed by atoms with Crippen molar-refractivity contribution in [1.29, 1.82) is 0 Å². The van der Waals surface area contributed by atoms with E-state index in [9.17, 15) is 9.90 Å². The molecule has 0 radical (unpaired) electrons. The van der Waals surface area contributed by atoms with Crippen LogP contribution in [-0.2, 0) is 4.79 Å². The first-order valence-electron chi connectivity index (χ1n) is 8.81. The van der Waals surface area contributed by atoms with Crippen molar-refractivity contribution in [3.05, 3.63) is 62.7 Å². The molecule has 3 rings (SSSR count). The van der Waals surface area contributed by atoms with Crippen LogP contribution in [0, 0.1) is 0 Å². The van der Waals surface area contributed by atoms with Gasteiger partial charge in [-0.25, -0.2) is 0 Å². The lowest BCUT2D eigenvalue weighted by molar-refractivity contribution is -0.113. The third-order valence-corrected chi connectivity index (χ3v) is 5.96. The van der Waals surface area contributed by atoms with Crippen LogP contribution in [0.15, 0.2) is 52.1 Å². The molecule has 0 unspecified atom stereocenters. The number of ether oxygens (including phenoxy) is 1. The van der Waals surface area contributed by atoms with Gasteiger partial charge in [-0.05, 0) is 60.2 Å². The van der Waals surface area contributed by atoms with Crippen LogP contribution < -0.4 is 20.7 Å². The molecule has 2 aromatic carbocycles. The Balaban J connectivity index is 2.07. The third kappa shape index (κ3) is 4.49. The number of carbonyl (C=O) groups is 1. The maximum absolute atomic E-state index is 13.1. The van der Waals surface area contributed by atoms with E-state index in [1.807, 2.05) is 25.1 Å². The lowest BCUT2D eigenvalue weighted by Crippen LogP contribution is -2.45. The molecular formula is C20H19BrClN3O3S. The van der Waals surface area contributed by atoms with Crippen molar-refractivity contribution in [2.45, 2.75) is 19.9 Å². The number of benzene rings is 2. The fourth-order valence-corrected chi connectivity index (χ4v) is 3.98. The highest BCUT2D eigenvalue weighted by Gasteiger charge is 2.33. The number of phenolic OH excluding ortho intramolecular Hbond substituents is 1. The molecule has 1 aliphatic rings. The molecule has 0 aromatic heterocycles. The Morgan fingerprint density at radius 2 is 2.07 bits per heavy atom. The highest BCUT2D eigenvalue weighted by Crippen LogP contribution is 2.45. The van der Waals surface area contributed by atoms with Gasteiger partial charge in [-0.15, -0.1) is 0 Å². The van der Waals surface area contributed by atoms with E-state index in [2.05, 4.69) is 31.9 Å². The normalized spacial score (nSPS) is 16.1. The summed E-state index contributed by atoms with van der Waals surface area (Å²) in [5.74, 6) is -0.155. The van der Waals surface area contributed by atoms with Crippen LogP contribution in [0.2, 0.25) is 5.02 Å².